The lowest BCUT2D eigenvalue weighted by Gasteiger charge is -2.25. The molecule has 1 aliphatic heterocycles. The Balaban J connectivity index is 2.27. The van der Waals surface area contributed by atoms with Gasteiger partial charge in [-0.05, 0) is 57.0 Å². The Hall–Kier alpha value is -1.11. The van der Waals surface area contributed by atoms with Gasteiger partial charge in [0.1, 0.15) is 0 Å². The summed E-state index contributed by atoms with van der Waals surface area (Å²) >= 11 is 6.20. The van der Waals surface area contributed by atoms with E-state index in [1.165, 1.54) is 7.05 Å². The highest BCUT2D eigenvalue weighted by molar-refractivity contribution is 7.89. The average molecular weight is 345 g/mol. The third kappa shape index (κ3) is 3.62. The van der Waals surface area contributed by atoms with Crippen molar-refractivity contribution < 1.29 is 13.2 Å². The van der Waals surface area contributed by atoms with Crippen molar-refractivity contribution in [3.8, 4) is 0 Å². The van der Waals surface area contributed by atoms with E-state index in [-0.39, 0.29) is 17.7 Å². The van der Waals surface area contributed by atoms with Crippen molar-refractivity contribution in [3.63, 3.8) is 0 Å². The van der Waals surface area contributed by atoms with Gasteiger partial charge in [0.05, 0.1) is 16.3 Å². The molecule has 0 aliphatic carbocycles. The van der Waals surface area contributed by atoms with E-state index in [0.717, 1.165) is 17.5 Å². The number of amides is 1. The van der Waals surface area contributed by atoms with Crippen LogP contribution in [0, 0.1) is 13.8 Å². The molecule has 1 atom stereocenters. The molecule has 1 aromatic rings. The maximum Gasteiger partial charge on any atom is 0.255 e. The van der Waals surface area contributed by atoms with Gasteiger partial charge in [-0.3, -0.25) is 4.79 Å². The first-order valence-electron chi connectivity index (χ1n) is 7.24. The predicted molar refractivity (Wildman–Crippen MR) is 87.8 cm³/mol. The van der Waals surface area contributed by atoms with Gasteiger partial charge in [0.15, 0.2) is 0 Å². The minimum atomic E-state index is -3.35. The first-order chi connectivity index (χ1) is 10.2. The summed E-state index contributed by atoms with van der Waals surface area (Å²) in [6, 6.07) is 3.25. The Morgan fingerprint density at radius 1 is 1.36 bits per heavy atom. The number of sulfonamides is 1. The lowest BCUT2D eigenvalue weighted by molar-refractivity contribution is 0.0749. The van der Waals surface area contributed by atoms with Gasteiger partial charge >= 0.3 is 0 Å². The molecule has 0 aromatic heterocycles. The Morgan fingerprint density at radius 3 is 2.64 bits per heavy atom. The van der Waals surface area contributed by atoms with Crippen LogP contribution in [0.25, 0.3) is 0 Å². The van der Waals surface area contributed by atoms with Gasteiger partial charge in [0, 0.05) is 12.6 Å². The first kappa shape index (κ1) is 17.2. The standard InChI is InChI=1S/C15H21ClN2O3S/c1-10-7-13(14(16)8-11(10)2)15(19)18-6-4-5-12(18)9-22(20,21)17-3/h7-8,12,17H,4-6,9H2,1-3H3. The normalized spacial score (nSPS) is 18.7. The molecule has 0 spiro atoms. The zero-order chi connectivity index (χ0) is 16.5. The summed E-state index contributed by atoms with van der Waals surface area (Å²) in [6.45, 7) is 4.43. The summed E-state index contributed by atoms with van der Waals surface area (Å²) in [5, 5.41) is 0.412. The van der Waals surface area contributed by atoms with E-state index < -0.39 is 10.0 Å². The van der Waals surface area contributed by atoms with E-state index in [1.54, 1.807) is 17.0 Å². The molecule has 1 heterocycles. The van der Waals surface area contributed by atoms with Gasteiger partial charge in [-0.2, -0.15) is 0 Å². The fraction of sp³-hybridized carbons (Fsp3) is 0.533. The number of benzene rings is 1. The zero-order valence-corrected chi connectivity index (χ0v) is 14.6. The summed E-state index contributed by atoms with van der Waals surface area (Å²) in [4.78, 5) is 14.4. The second kappa shape index (κ2) is 6.56. The fourth-order valence-electron chi connectivity index (χ4n) is 2.71. The lowest BCUT2D eigenvalue weighted by atomic mass is 10.1. The summed E-state index contributed by atoms with van der Waals surface area (Å²) in [5.74, 6) is -0.264. The molecule has 7 heteroatoms. The second-order valence-corrected chi connectivity index (χ2v) is 8.07. The van der Waals surface area contributed by atoms with Gasteiger partial charge in [-0.25, -0.2) is 13.1 Å². The van der Waals surface area contributed by atoms with Crippen LogP contribution in [0.3, 0.4) is 0 Å². The molecule has 1 aromatic carbocycles. The number of carbonyl (C=O) groups is 1. The predicted octanol–water partition coefficient (Wildman–Crippen LogP) is 2.11. The fourth-order valence-corrected chi connectivity index (χ4v) is 4.03. The van der Waals surface area contributed by atoms with Crippen molar-refractivity contribution >= 4 is 27.5 Å². The Morgan fingerprint density at radius 2 is 2.00 bits per heavy atom. The van der Waals surface area contributed by atoms with Crippen LogP contribution in [-0.4, -0.2) is 44.6 Å². The maximum absolute atomic E-state index is 12.7. The Bertz CT molecular complexity index is 688. The average Bonchev–Trinajstić information content (AvgIpc) is 2.89. The Labute approximate surface area is 136 Å². The summed E-state index contributed by atoms with van der Waals surface area (Å²) in [5.41, 5.74) is 2.46. The molecule has 0 saturated carbocycles. The molecule has 122 valence electrons. The molecular weight excluding hydrogens is 324 g/mol. The smallest absolute Gasteiger partial charge is 0.255 e. The van der Waals surface area contributed by atoms with Gasteiger partial charge in [-0.1, -0.05) is 11.6 Å². The quantitative estimate of drug-likeness (QED) is 0.909. The highest BCUT2D eigenvalue weighted by atomic mass is 35.5. The third-order valence-electron chi connectivity index (χ3n) is 4.17. The van der Waals surface area contributed by atoms with Gasteiger partial charge in [0.2, 0.25) is 10.0 Å². The van der Waals surface area contributed by atoms with E-state index >= 15 is 0 Å². The molecule has 1 N–H and O–H groups in total. The van der Waals surface area contributed by atoms with E-state index in [4.69, 9.17) is 11.6 Å². The lowest BCUT2D eigenvalue weighted by Crippen LogP contribution is -2.41. The van der Waals surface area contributed by atoms with Gasteiger partial charge in [-0.15, -0.1) is 0 Å². The number of likely N-dealkylation sites (tertiary alicyclic amines) is 1. The molecular formula is C15H21ClN2O3S. The first-order valence-corrected chi connectivity index (χ1v) is 9.27. The number of nitrogens with zero attached hydrogens (tertiary/aromatic N) is 1. The monoisotopic (exact) mass is 344 g/mol. The van der Waals surface area contributed by atoms with E-state index in [2.05, 4.69) is 4.72 Å². The van der Waals surface area contributed by atoms with Crippen LogP contribution in [0.1, 0.15) is 34.3 Å². The van der Waals surface area contributed by atoms with Crippen LogP contribution >= 0.6 is 11.6 Å². The minimum absolute atomic E-state index is 0.0717. The molecule has 1 aliphatic rings. The number of hydrogen-bond donors (Lipinski definition) is 1. The molecule has 1 amide bonds. The number of aryl methyl sites for hydroxylation is 2. The summed E-state index contributed by atoms with van der Waals surface area (Å²) in [6.07, 6.45) is 1.49. The topological polar surface area (TPSA) is 66.5 Å². The number of nitrogens with one attached hydrogen (secondary N) is 1. The summed E-state index contributed by atoms with van der Waals surface area (Å²) < 4.78 is 25.8. The molecule has 0 bridgehead atoms. The molecule has 1 saturated heterocycles. The van der Waals surface area contributed by atoms with E-state index in [9.17, 15) is 13.2 Å². The van der Waals surface area contributed by atoms with Crippen LogP contribution < -0.4 is 4.72 Å². The van der Waals surface area contributed by atoms with Gasteiger partial charge in [0.25, 0.3) is 5.91 Å². The van der Waals surface area contributed by atoms with Crippen LogP contribution in [0.2, 0.25) is 5.02 Å². The number of carbonyl (C=O) groups excluding carboxylic acids is 1. The molecule has 1 unspecified atom stereocenters. The van der Waals surface area contributed by atoms with Crippen LogP contribution in [-0.2, 0) is 10.0 Å². The molecule has 0 radical (unpaired) electrons. The van der Waals surface area contributed by atoms with Crippen molar-refractivity contribution in [2.45, 2.75) is 32.7 Å². The minimum Gasteiger partial charge on any atom is -0.335 e. The Kier molecular flexibility index (Phi) is 5.14. The number of halogens is 1. The largest absolute Gasteiger partial charge is 0.335 e. The van der Waals surface area contributed by atoms with Crippen LogP contribution in [0.4, 0.5) is 0 Å². The SMILES string of the molecule is CNS(=O)(=O)CC1CCCN1C(=O)c1cc(C)c(C)cc1Cl. The van der Waals surface area contributed by atoms with Crippen molar-refractivity contribution in [1.82, 2.24) is 9.62 Å². The highest BCUT2D eigenvalue weighted by Crippen LogP contribution is 2.26. The van der Waals surface area contributed by atoms with Gasteiger partial charge < -0.3 is 4.90 Å². The molecule has 1 fully saturated rings. The molecule has 22 heavy (non-hydrogen) atoms. The van der Waals surface area contributed by atoms with E-state index in [1.807, 2.05) is 13.8 Å². The van der Waals surface area contributed by atoms with Crippen LogP contribution in [0.15, 0.2) is 12.1 Å². The number of hydrogen-bond acceptors (Lipinski definition) is 3. The maximum atomic E-state index is 12.7. The van der Waals surface area contributed by atoms with Crippen molar-refractivity contribution in [3.05, 3.63) is 33.8 Å². The number of rotatable bonds is 4. The van der Waals surface area contributed by atoms with Crippen LogP contribution in [0.5, 0.6) is 0 Å². The van der Waals surface area contributed by atoms with Crippen molar-refractivity contribution in [1.29, 1.82) is 0 Å². The zero-order valence-electron chi connectivity index (χ0n) is 13.0. The summed E-state index contributed by atoms with van der Waals surface area (Å²) in [7, 11) is -1.97. The second-order valence-electron chi connectivity index (χ2n) is 5.70. The van der Waals surface area contributed by atoms with E-state index in [0.29, 0.717) is 23.6 Å². The van der Waals surface area contributed by atoms with Crippen molar-refractivity contribution in [2.24, 2.45) is 0 Å². The molecule has 5 nitrogen and oxygen atoms in total. The van der Waals surface area contributed by atoms with Crippen molar-refractivity contribution in [2.75, 3.05) is 19.3 Å². The molecule has 2 rings (SSSR count). The highest BCUT2D eigenvalue weighted by Gasteiger charge is 2.33. The third-order valence-corrected chi connectivity index (χ3v) is 5.93.